The second kappa shape index (κ2) is 5.23. The lowest BCUT2D eigenvalue weighted by Crippen LogP contribution is -2.37. The number of fused-ring (bicyclic) bond motifs is 1. The second-order valence-electron chi connectivity index (χ2n) is 4.61. The van der Waals surface area contributed by atoms with Gasteiger partial charge < -0.3 is 5.73 Å². The number of aromatic nitrogens is 1. The Morgan fingerprint density at radius 2 is 1.90 bits per heavy atom. The minimum absolute atomic E-state index is 0.323. The van der Waals surface area contributed by atoms with Crippen LogP contribution in [0.15, 0.2) is 35.2 Å². The Kier molecular flexibility index (Phi) is 3.57. The molecule has 1 saturated heterocycles. The van der Waals surface area contributed by atoms with Gasteiger partial charge in [0, 0.05) is 30.0 Å². The Morgan fingerprint density at radius 3 is 2.65 bits per heavy atom. The Hall–Kier alpha value is -1.31. The number of hydrogen-bond acceptors (Lipinski definition) is 5. The molecule has 1 fully saturated rings. The number of nitrogen functional groups attached to an aromatic ring is 1. The number of nitrogens with two attached hydrogens (primary N) is 1. The number of pyridine rings is 1. The summed E-state index contributed by atoms with van der Waals surface area (Å²) in [4.78, 5) is 4.50. The average molecular weight is 309 g/mol. The van der Waals surface area contributed by atoms with Crippen molar-refractivity contribution in [1.82, 2.24) is 9.29 Å². The molecule has 0 amide bonds. The van der Waals surface area contributed by atoms with E-state index in [-0.39, 0.29) is 0 Å². The predicted molar refractivity (Wildman–Crippen MR) is 82.2 cm³/mol. The number of nitrogens with zero attached hydrogens (tertiary/aromatic N) is 2. The van der Waals surface area contributed by atoms with Gasteiger partial charge in [0.25, 0.3) is 0 Å². The summed E-state index contributed by atoms with van der Waals surface area (Å²) >= 11 is 1.78. The van der Waals surface area contributed by atoms with Crippen LogP contribution in [0, 0.1) is 0 Å². The quantitative estimate of drug-likeness (QED) is 0.911. The first kappa shape index (κ1) is 13.7. The van der Waals surface area contributed by atoms with Crippen LogP contribution in [0.5, 0.6) is 0 Å². The number of benzene rings is 1. The van der Waals surface area contributed by atoms with Crippen LogP contribution in [0.25, 0.3) is 10.9 Å². The van der Waals surface area contributed by atoms with Gasteiger partial charge in [0.2, 0.25) is 10.0 Å². The van der Waals surface area contributed by atoms with Crippen molar-refractivity contribution in [2.24, 2.45) is 0 Å². The van der Waals surface area contributed by atoms with Gasteiger partial charge in [0.15, 0.2) is 0 Å². The third-order valence-corrected chi connectivity index (χ3v) is 6.13. The summed E-state index contributed by atoms with van der Waals surface area (Å²) in [6.45, 7) is 1.15. The highest BCUT2D eigenvalue weighted by Crippen LogP contribution is 2.23. The molecule has 20 heavy (non-hydrogen) atoms. The van der Waals surface area contributed by atoms with E-state index in [9.17, 15) is 8.42 Å². The van der Waals surface area contributed by atoms with E-state index in [2.05, 4.69) is 4.98 Å². The molecular formula is C13H15N3O2S2. The van der Waals surface area contributed by atoms with Crippen LogP contribution in [-0.2, 0) is 10.0 Å². The van der Waals surface area contributed by atoms with E-state index in [1.807, 2.05) is 0 Å². The van der Waals surface area contributed by atoms with Gasteiger partial charge >= 0.3 is 0 Å². The van der Waals surface area contributed by atoms with Crippen molar-refractivity contribution < 1.29 is 8.42 Å². The Morgan fingerprint density at radius 1 is 1.15 bits per heavy atom. The molecule has 5 nitrogen and oxygen atoms in total. The van der Waals surface area contributed by atoms with Gasteiger partial charge in [0.1, 0.15) is 5.82 Å². The van der Waals surface area contributed by atoms with Crippen molar-refractivity contribution in [3.63, 3.8) is 0 Å². The predicted octanol–water partition coefficient (Wildman–Crippen LogP) is 1.55. The fraction of sp³-hybridized carbons (Fsp3) is 0.308. The van der Waals surface area contributed by atoms with Crippen LogP contribution in [0.2, 0.25) is 0 Å². The SMILES string of the molecule is Nc1ccc2cc(S(=O)(=O)N3CCSCC3)ccc2n1. The van der Waals surface area contributed by atoms with Gasteiger partial charge in [-0.1, -0.05) is 0 Å². The minimum atomic E-state index is -3.40. The number of hydrogen-bond donors (Lipinski definition) is 1. The van der Waals surface area contributed by atoms with E-state index >= 15 is 0 Å². The lowest BCUT2D eigenvalue weighted by Gasteiger charge is -2.25. The standard InChI is InChI=1S/C13H15N3O2S2/c14-13-4-1-10-9-11(2-3-12(10)15-13)20(17,18)16-5-7-19-8-6-16/h1-4,9H,5-8H2,(H2,14,15). The summed E-state index contributed by atoms with van der Waals surface area (Å²) in [5.41, 5.74) is 6.33. The molecule has 0 bridgehead atoms. The summed E-state index contributed by atoms with van der Waals surface area (Å²) in [6.07, 6.45) is 0. The number of thioether (sulfide) groups is 1. The van der Waals surface area contributed by atoms with E-state index in [1.165, 1.54) is 0 Å². The zero-order chi connectivity index (χ0) is 14.2. The number of sulfonamides is 1. The smallest absolute Gasteiger partial charge is 0.243 e. The molecule has 1 aromatic carbocycles. The first-order chi connectivity index (χ1) is 9.57. The average Bonchev–Trinajstić information content (AvgIpc) is 2.47. The zero-order valence-electron chi connectivity index (χ0n) is 10.8. The van der Waals surface area contributed by atoms with Crippen LogP contribution in [0.1, 0.15) is 0 Å². The number of rotatable bonds is 2. The normalized spacial score (nSPS) is 17.4. The molecule has 2 aromatic rings. The molecule has 106 valence electrons. The summed E-state index contributed by atoms with van der Waals surface area (Å²) < 4.78 is 26.7. The highest BCUT2D eigenvalue weighted by atomic mass is 32.2. The molecule has 0 radical (unpaired) electrons. The van der Waals surface area contributed by atoms with E-state index in [4.69, 9.17) is 5.73 Å². The summed E-state index contributed by atoms with van der Waals surface area (Å²) in [5, 5.41) is 0.784. The van der Waals surface area contributed by atoms with E-state index in [0.29, 0.717) is 29.3 Å². The van der Waals surface area contributed by atoms with Gasteiger partial charge in [-0.15, -0.1) is 0 Å². The first-order valence-corrected chi connectivity index (χ1v) is 8.91. The summed E-state index contributed by atoms with van der Waals surface area (Å²) in [7, 11) is -3.40. The third kappa shape index (κ3) is 2.48. The fourth-order valence-electron chi connectivity index (χ4n) is 2.22. The molecule has 3 rings (SSSR count). The van der Waals surface area contributed by atoms with E-state index < -0.39 is 10.0 Å². The molecule has 0 atom stereocenters. The molecule has 0 spiro atoms. The topological polar surface area (TPSA) is 76.3 Å². The monoisotopic (exact) mass is 309 g/mol. The van der Waals surface area contributed by atoms with E-state index in [1.54, 1.807) is 46.4 Å². The highest BCUT2D eigenvalue weighted by Gasteiger charge is 2.26. The van der Waals surface area contributed by atoms with Crippen LogP contribution in [0.3, 0.4) is 0 Å². The number of anilines is 1. The maximum Gasteiger partial charge on any atom is 0.243 e. The maximum absolute atomic E-state index is 12.6. The van der Waals surface area contributed by atoms with Crippen LogP contribution >= 0.6 is 11.8 Å². The molecule has 1 aliphatic heterocycles. The van der Waals surface area contributed by atoms with Crippen molar-refractivity contribution in [1.29, 1.82) is 0 Å². The summed E-state index contributed by atoms with van der Waals surface area (Å²) in [6, 6.07) is 8.45. The lowest BCUT2D eigenvalue weighted by molar-refractivity contribution is 0.443. The largest absolute Gasteiger partial charge is 0.384 e. The van der Waals surface area contributed by atoms with E-state index in [0.717, 1.165) is 16.9 Å². The first-order valence-electron chi connectivity index (χ1n) is 6.31. The Labute approximate surface area is 122 Å². The van der Waals surface area contributed by atoms with Gasteiger partial charge in [0.05, 0.1) is 10.4 Å². The molecule has 0 unspecified atom stereocenters. The van der Waals surface area contributed by atoms with Crippen LogP contribution in [-0.4, -0.2) is 42.3 Å². The lowest BCUT2D eigenvalue weighted by atomic mass is 10.2. The van der Waals surface area contributed by atoms with Gasteiger partial charge in [-0.25, -0.2) is 13.4 Å². The molecule has 0 aliphatic carbocycles. The van der Waals surface area contributed by atoms with Crippen molar-refractivity contribution in [2.45, 2.75) is 4.90 Å². The summed E-state index contributed by atoms with van der Waals surface area (Å²) in [5.74, 6) is 2.14. The highest BCUT2D eigenvalue weighted by molar-refractivity contribution is 7.99. The molecule has 7 heteroatoms. The van der Waals surface area contributed by atoms with Crippen LogP contribution in [0.4, 0.5) is 5.82 Å². The molecule has 1 aromatic heterocycles. The molecule has 2 N–H and O–H groups in total. The van der Waals surface area contributed by atoms with Crippen molar-refractivity contribution >= 4 is 38.5 Å². The maximum atomic E-state index is 12.6. The molecule has 1 aliphatic rings. The molecule has 0 saturated carbocycles. The Bertz CT molecular complexity index is 740. The van der Waals surface area contributed by atoms with Crippen molar-refractivity contribution in [2.75, 3.05) is 30.3 Å². The van der Waals surface area contributed by atoms with Gasteiger partial charge in [-0.2, -0.15) is 16.1 Å². The van der Waals surface area contributed by atoms with Gasteiger partial charge in [-0.05, 0) is 30.3 Å². The van der Waals surface area contributed by atoms with Crippen molar-refractivity contribution in [3.8, 4) is 0 Å². The third-order valence-electron chi connectivity index (χ3n) is 3.29. The van der Waals surface area contributed by atoms with Crippen molar-refractivity contribution in [3.05, 3.63) is 30.3 Å². The zero-order valence-corrected chi connectivity index (χ0v) is 12.5. The van der Waals surface area contributed by atoms with Gasteiger partial charge in [-0.3, -0.25) is 0 Å². The fourth-order valence-corrected chi connectivity index (χ4v) is 4.83. The molecular weight excluding hydrogens is 294 g/mol. The second-order valence-corrected chi connectivity index (χ2v) is 7.77. The Balaban J connectivity index is 2.02. The van der Waals surface area contributed by atoms with Crippen LogP contribution < -0.4 is 5.73 Å². The minimum Gasteiger partial charge on any atom is -0.384 e. The molecule has 2 heterocycles.